The Morgan fingerprint density at radius 3 is 2.53 bits per heavy atom. The van der Waals surface area contributed by atoms with E-state index in [0.29, 0.717) is 41.1 Å². The van der Waals surface area contributed by atoms with Crippen LogP contribution >= 0.6 is 23.5 Å². The Hall–Kier alpha value is -1.93. The first-order valence-electron chi connectivity index (χ1n) is 11.3. The molecule has 2 bridgehead atoms. The average Bonchev–Trinajstić information content (AvgIpc) is 3.39. The van der Waals surface area contributed by atoms with Crippen molar-refractivity contribution in [3.8, 4) is 0 Å². The van der Waals surface area contributed by atoms with Crippen molar-refractivity contribution in [1.82, 2.24) is 10.6 Å². The highest BCUT2D eigenvalue weighted by atomic mass is 32.2. The number of amides is 2. The van der Waals surface area contributed by atoms with Crippen molar-refractivity contribution in [2.75, 3.05) is 18.8 Å². The maximum absolute atomic E-state index is 12.3. The van der Waals surface area contributed by atoms with E-state index in [-0.39, 0.29) is 24.8 Å². The number of hydrogen-bond donors (Lipinski definition) is 3. The molecule has 0 aromatic heterocycles. The van der Waals surface area contributed by atoms with Gasteiger partial charge in [0.05, 0.1) is 12.3 Å². The molecule has 3 rings (SSSR count). The van der Waals surface area contributed by atoms with Crippen LogP contribution in [0.3, 0.4) is 0 Å². The highest BCUT2D eigenvalue weighted by Crippen LogP contribution is 2.54. The highest BCUT2D eigenvalue weighted by Gasteiger charge is 2.47. The van der Waals surface area contributed by atoms with E-state index in [1.807, 2.05) is 30.3 Å². The number of unbranched alkanes of at least 4 members (excludes halogenated alkanes) is 1. The molecule has 2 aliphatic rings. The number of thioether (sulfide) groups is 2. The fourth-order valence-electron chi connectivity index (χ4n) is 4.41. The third-order valence-electron chi connectivity index (χ3n) is 6.02. The molecule has 0 saturated carbocycles. The first-order valence-corrected chi connectivity index (χ1v) is 13.2. The first kappa shape index (κ1) is 24.7. The van der Waals surface area contributed by atoms with E-state index >= 15 is 0 Å². The average molecular weight is 477 g/mol. The van der Waals surface area contributed by atoms with Gasteiger partial charge in [-0.3, -0.25) is 14.4 Å². The maximum Gasteiger partial charge on any atom is 0.303 e. The number of aliphatic carboxylic acids is 1. The summed E-state index contributed by atoms with van der Waals surface area (Å²) in [6, 6.07) is 9.72. The lowest BCUT2D eigenvalue weighted by Gasteiger charge is -2.29. The summed E-state index contributed by atoms with van der Waals surface area (Å²) in [4.78, 5) is 35.9. The second-order valence-electron chi connectivity index (χ2n) is 8.29. The van der Waals surface area contributed by atoms with Crippen molar-refractivity contribution >= 4 is 41.3 Å². The van der Waals surface area contributed by atoms with Crippen LogP contribution in [0.5, 0.6) is 0 Å². The SMILES string of the molecule is O=C(O)CCC/C=C\C[C@H]1[C@@H](CNC(=O)CNC(=O)CSc2ccccc2)[C@H]2CC[C@@H]1S2. The minimum atomic E-state index is -0.746. The van der Waals surface area contributed by atoms with E-state index in [1.165, 1.54) is 24.6 Å². The standard InChI is InChI=1S/C24H32N2O4S2/c27-22(15-26-23(28)16-31-17-8-4-3-5-9-17)25-14-19-18(20-12-13-21(19)32-20)10-6-1-2-7-11-24(29)30/h1,3-6,8-9,18-21H,2,7,10-16H2,(H,25,27)(H,26,28)(H,29,30)/b6-1-/t18-,19+,20-,21+/m0/s1. The highest BCUT2D eigenvalue weighted by molar-refractivity contribution is 8.01. The molecule has 2 amide bonds. The van der Waals surface area contributed by atoms with Gasteiger partial charge in [-0.15, -0.1) is 11.8 Å². The van der Waals surface area contributed by atoms with Crippen LogP contribution in [-0.4, -0.2) is 52.2 Å². The Morgan fingerprint density at radius 1 is 1.03 bits per heavy atom. The van der Waals surface area contributed by atoms with Crippen molar-refractivity contribution in [1.29, 1.82) is 0 Å². The summed E-state index contributed by atoms with van der Waals surface area (Å²) in [5.41, 5.74) is 0. The smallest absolute Gasteiger partial charge is 0.303 e. The lowest BCUT2D eigenvalue weighted by Crippen LogP contribution is -2.42. The van der Waals surface area contributed by atoms with Gasteiger partial charge in [-0.05, 0) is 56.1 Å². The Kier molecular flexibility index (Phi) is 9.99. The topological polar surface area (TPSA) is 95.5 Å². The van der Waals surface area contributed by atoms with Crippen LogP contribution in [0.2, 0.25) is 0 Å². The molecule has 174 valence electrons. The normalized spacial score (nSPS) is 24.0. The minimum absolute atomic E-state index is 0.0102. The number of carbonyl (C=O) groups is 3. The monoisotopic (exact) mass is 476 g/mol. The molecule has 3 N–H and O–H groups in total. The van der Waals surface area contributed by atoms with E-state index in [2.05, 4.69) is 34.5 Å². The van der Waals surface area contributed by atoms with Crippen LogP contribution in [0, 0.1) is 11.8 Å². The molecule has 1 aromatic carbocycles. The van der Waals surface area contributed by atoms with Crippen molar-refractivity contribution < 1.29 is 19.5 Å². The third-order valence-corrected chi connectivity index (χ3v) is 8.90. The summed E-state index contributed by atoms with van der Waals surface area (Å²) < 4.78 is 0. The van der Waals surface area contributed by atoms with Gasteiger partial charge in [-0.1, -0.05) is 30.4 Å². The first-order chi connectivity index (χ1) is 15.5. The van der Waals surface area contributed by atoms with Crippen LogP contribution in [-0.2, 0) is 14.4 Å². The second kappa shape index (κ2) is 12.9. The predicted octanol–water partition coefficient (Wildman–Crippen LogP) is 3.72. The summed E-state index contributed by atoms with van der Waals surface area (Å²) in [6.07, 6.45) is 9.40. The van der Waals surface area contributed by atoms with Gasteiger partial charge in [0, 0.05) is 28.4 Å². The molecule has 2 fully saturated rings. The van der Waals surface area contributed by atoms with Crippen LogP contribution < -0.4 is 10.6 Å². The van der Waals surface area contributed by atoms with E-state index in [0.717, 1.165) is 17.7 Å². The number of benzene rings is 1. The summed E-state index contributed by atoms with van der Waals surface area (Å²) in [6.45, 7) is 0.662. The molecule has 32 heavy (non-hydrogen) atoms. The third kappa shape index (κ3) is 7.89. The Morgan fingerprint density at radius 2 is 1.78 bits per heavy atom. The van der Waals surface area contributed by atoms with Gasteiger partial charge in [0.1, 0.15) is 0 Å². The fraction of sp³-hybridized carbons (Fsp3) is 0.542. The molecular formula is C24H32N2O4S2. The summed E-state index contributed by atoms with van der Waals surface area (Å²) in [5.74, 6) is 0.266. The van der Waals surface area contributed by atoms with Crippen LogP contribution in [0.15, 0.2) is 47.4 Å². The molecule has 2 aliphatic heterocycles. The van der Waals surface area contributed by atoms with Gasteiger partial charge in [0.25, 0.3) is 0 Å². The number of nitrogens with one attached hydrogen (secondary N) is 2. The second-order valence-corrected chi connectivity index (χ2v) is 10.8. The van der Waals surface area contributed by atoms with Gasteiger partial charge in [-0.25, -0.2) is 0 Å². The minimum Gasteiger partial charge on any atom is -0.481 e. The van der Waals surface area contributed by atoms with Gasteiger partial charge < -0.3 is 15.7 Å². The number of carboxylic acid groups (broad SMARTS) is 1. The van der Waals surface area contributed by atoms with Gasteiger partial charge >= 0.3 is 5.97 Å². The Labute approximate surface area is 198 Å². The molecule has 0 unspecified atom stereocenters. The number of hydrogen-bond acceptors (Lipinski definition) is 5. The van der Waals surface area contributed by atoms with Gasteiger partial charge in [0.15, 0.2) is 0 Å². The molecule has 2 saturated heterocycles. The van der Waals surface area contributed by atoms with Crippen LogP contribution in [0.25, 0.3) is 0 Å². The summed E-state index contributed by atoms with van der Waals surface area (Å²) in [7, 11) is 0. The number of fused-ring (bicyclic) bond motifs is 2. The van der Waals surface area contributed by atoms with Crippen molar-refractivity contribution in [2.24, 2.45) is 11.8 Å². The molecular weight excluding hydrogens is 444 g/mol. The van der Waals surface area contributed by atoms with Crippen molar-refractivity contribution in [2.45, 2.75) is 53.9 Å². The molecule has 2 heterocycles. The molecule has 8 heteroatoms. The largest absolute Gasteiger partial charge is 0.481 e. The molecule has 4 atom stereocenters. The Bertz CT molecular complexity index is 802. The number of allylic oxidation sites excluding steroid dienone is 2. The number of carboxylic acids is 1. The lowest BCUT2D eigenvalue weighted by atomic mass is 9.77. The Balaban J connectivity index is 1.34. The zero-order valence-electron chi connectivity index (χ0n) is 18.2. The van der Waals surface area contributed by atoms with Crippen molar-refractivity contribution in [3.63, 3.8) is 0 Å². The van der Waals surface area contributed by atoms with Crippen LogP contribution in [0.4, 0.5) is 0 Å². The van der Waals surface area contributed by atoms with Gasteiger partial charge in [0.2, 0.25) is 11.8 Å². The van der Waals surface area contributed by atoms with E-state index in [1.54, 1.807) is 0 Å². The van der Waals surface area contributed by atoms with E-state index in [4.69, 9.17) is 5.11 Å². The lowest BCUT2D eigenvalue weighted by molar-refractivity contribution is -0.137. The summed E-state index contributed by atoms with van der Waals surface area (Å²) in [5, 5.41) is 15.7. The predicted molar refractivity (Wildman–Crippen MR) is 130 cm³/mol. The molecule has 6 nitrogen and oxygen atoms in total. The number of rotatable bonds is 13. The number of carbonyl (C=O) groups excluding carboxylic acids is 2. The van der Waals surface area contributed by atoms with E-state index < -0.39 is 5.97 Å². The zero-order chi connectivity index (χ0) is 22.8. The molecule has 0 radical (unpaired) electrons. The quantitative estimate of drug-likeness (QED) is 0.228. The summed E-state index contributed by atoms with van der Waals surface area (Å²) >= 11 is 3.51. The maximum atomic E-state index is 12.3. The van der Waals surface area contributed by atoms with E-state index in [9.17, 15) is 14.4 Å². The molecule has 0 aliphatic carbocycles. The molecule has 1 aromatic rings. The zero-order valence-corrected chi connectivity index (χ0v) is 19.8. The fourth-order valence-corrected chi connectivity index (χ4v) is 7.17. The molecule has 0 spiro atoms. The van der Waals surface area contributed by atoms with Gasteiger partial charge in [-0.2, -0.15) is 11.8 Å². The van der Waals surface area contributed by atoms with Crippen molar-refractivity contribution in [3.05, 3.63) is 42.5 Å². The van der Waals surface area contributed by atoms with Crippen LogP contribution in [0.1, 0.15) is 38.5 Å².